The van der Waals surface area contributed by atoms with E-state index < -0.39 is 0 Å². The van der Waals surface area contributed by atoms with Crippen LogP contribution in [0.4, 0.5) is 11.4 Å². The predicted molar refractivity (Wildman–Crippen MR) is 82.9 cm³/mol. The van der Waals surface area contributed by atoms with E-state index in [-0.39, 0.29) is 5.91 Å². The van der Waals surface area contributed by atoms with Crippen LogP contribution in [-0.4, -0.2) is 50.8 Å². The molecule has 1 aliphatic rings. The number of carbonyl (C=O) groups excluding carboxylic acids is 1. The maximum atomic E-state index is 12.0. The highest BCUT2D eigenvalue weighted by molar-refractivity contribution is 6.33. The average molecular weight is 314 g/mol. The third kappa shape index (κ3) is 4.49. The van der Waals surface area contributed by atoms with Crippen LogP contribution in [0.2, 0.25) is 5.02 Å². The van der Waals surface area contributed by atoms with E-state index in [1.165, 1.54) is 7.11 Å². The quantitative estimate of drug-likeness (QED) is 0.807. The molecule has 1 amide bonds. The second-order valence-electron chi connectivity index (χ2n) is 4.83. The number of hydrogen-bond donors (Lipinski definition) is 2. The molecule has 0 aromatic heterocycles. The van der Waals surface area contributed by atoms with Gasteiger partial charge in [0.15, 0.2) is 0 Å². The first-order chi connectivity index (χ1) is 10.1. The molecule has 1 saturated heterocycles. The van der Waals surface area contributed by atoms with Crippen molar-refractivity contribution in [3.63, 3.8) is 0 Å². The van der Waals surface area contributed by atoms with Gasteiger partial charge in [-0.2, -0.15) is 0 Å². The fourth-order valence-electron chi connectivity index (χ4n) is 2.13. The Morgan fingerprint density at radius 2 is 2.19 bits per heavy atom. The van der Waals surface area contributed by atoms with Gasteiger partial charge in [0.1, 0.15) is 5.75 Å². The SMILES string of the molecule is COc1cc(N)c(Cl)cc1NC(=O)CCN1CCOCC1. The Balaban J connectivity index is 1.91. The summed E-state index contributed by atoms with van der Waals surface area (Å²) in [6, 6.07) is 3.20. The van der Waals surface area contributed by atoms with Crippen molar-refractivity contribution in [2.75, 3.05) is 51.0 Å². The number of carbonyl (C=O) groups is 1. The minimum absolute atomic E-state index is 0.0828. The maximum absolute atomic E-state index is 12.0. The Morgan fingerprint density at radius 3 is 2.86 bits per heavy atom. The summed E-state index contributed by atoms with van der Waals surface area (Å²) in [5, 5.41) is 3.20. The van der Waals surface area contributed by atoms with Gasteiger partial charge in [-0.05, 0) is 6.07 Å². The van der Waals surface area contributed by atoms with Crippen molar-refractivity contribution in [1.82, 2.24) is 4.90 Å². The van der Waals surface area contributed by atoms with Gasteiger partial charge in [0.05, 0.1) is 36.7 Å². The van der Waals surface area contributed by atoms with Gasteiger partial charge < -0.3 is 20.5 Å². The number of nitrogens with zero attached hydrogens (tertiary/aromatic N) is 1. The Kier molecular flexibility index (Phi) is 5.67. The summed E-state index contributed by atoms with van der Waals surface area (Å²) in [4.78, 5) is 14.2. The summed E-state index contributed by atoms with van der Waals surface area (Å²) >= 11 is 5.97. The van der Waals surface area contributed by atoms with Crippen LogP contribution in [-0.2, 0) is 9.53 Å². The largest absolute Gasteiger partial charge is 0.494 e. The molecule has 1 aliphatic heterocycles. The third-order valence-corrected chi connectivity index (χ3v) is 3.68. The van der Waals surface area contributed by atoms with Crippen LogP contribution < -0.4 is 15.8 Å². The smallest absolute Gasteiger partial charge is 0.225 e. The Bertz CT molecular complexity index is 504. The minimum Gasteiger partial charge on any atom is -0.494 e. The highest BCUT2D eigenvalue weighted by Gasteiger charge is 2.14. The first-order valence-electron chi connectivity index (χ1n) is 6.83. The first kappa shape index (κ1) is 15.9. The molecule has 1 fully saturated rings. The molecule has 1 aromatic rings. The van der Waals surface area contributed by atoms with Gasteiger partial charge in [-0.3, -0.25) is 9.69 Å². The van der Waals surface area contributed by atoms with Gasteiger partial charge in [-0.1, -0.05) is 11.6 Å². The molecule has 0 bridgehead atoms. The zero-order valence-electron chi connectivity index (χ0n) is 12.0. The van der Waals surface area contributed by atoms with Crippen molar-refractivity contribution in [3.05, 3.63) is 17.2 Å². The molecule has 21 heavy (non-hydrogen) atoms. The summed E-state index contributed by atoms with van der Waals surface area (Å²) in [5.41, 5.74) is 6.66. The molecule has 0 radical (unpaired) electrons. The number of hydrogen-bond acceptors (Lipinski definition) is 5. The predicted octanol–water partition coefficient (Wildman–Crippen LogP) is 1.59. The van der Waals surface area contributed by atoms with Crippen LogP contribution in [0.1, 0.15) is 6.42 Å². The molecule has 0 saturated carbocycles. The van der Waals surface area contributed by atoms with E-state index in [9.17, 15) is 4.79 Å². The summed E-state index contributed by atoms with van der Waals surface area (Å²) in [6.07, 6.45) is 0.408. The number of halogens is 1. The lowest BCUT2D eigenvalue weighted by Gasteiger charge is -2.26. The van der Waals surface area contributed by atoms with E-state index in [0.717, 1.165) is 26.3 Å². The number of nitrogens with one attached hydrogen (secondary N) is 1. The number of morpholine rings is 1. The normalized spacial score (nSPS) is 15.7. The summed E-state index contributed by atoms with van der Waals surface area (Å²) in [5.74, 6) is 0.414. The monoisotopic (exact) mass is 313 g/mol. The summed E-state index contributed by atoms with van der Waals surface area (Å²) in [6.45, 7) is 3.89. The fourth-order valence-corrected chi connectivity index (χ4v) is 2.30. The van der Waals surface area contributed by atoms with Crippen LogP contribution in [0.3, 0.4) is 0 Å². The molecule has 7 heteroatoms. The van der Waals surface area contributed by atoms with Crippen molar-refractivity contribution < 1.29 is 14.3 Å². The van der Waals surface area contributed by atoms with Gasteiger partial charge >= 0.3 is 0 Å². The molecule has 0 aliphatic carbocycles. The number of anilines is 2. The molecule has 3 N–H and O–H groups in total. The van der Waals surface area contributed by atoms with E-state index in [2.05, 4.69) is 10.2 Å². The van der Waals surface area contributed by atoms with Crippen LogP contribution in [0.25, 0.3) is 0 Å². The number of amides is 1. The van der Waals surface area contributed by atoms with E-state index in [0.29, 0.717) is 35.1 Å². The lowest BCUT2D eigenvalue weighted by atomic mass is 10.2. The van der Waals surface area contributed by atoms with Crippen molar-refractivity contribution in [1.29, 1.82) is 0 Å². The molecule has 1 aromatic carbocycles. The van der Waals surface area contributed by atoms with Gasteiger partial charge in [0, 0.05) is 32.1 Å². The molecule has 0 atom stereocenters. The van der Waals surface area contributed by atoms with Gasteiger partial charge in [0.25, 0.3) is 0 Å². The molecule has 0 unspecified atom stereocenters. The Labute approximate surface area is 129 Å². The molecule has 2 rings (SSSR count). The zero-order chi connectivity index (χ0) is 15.2. The summed E-state index contributed by atoms with van der Waals surface area (Å²) in [7, 11) is 1.52. The van der Waals surface area contributed by atoms with E-state index in [1.54, 1.807) is 12.1 Å². The van der Waals surface area contributed by atoms with Crippen molar-refractivity contribution in [3.8, 4) is 5.75 Å². The van der Waals surface area contributed by atoms with Crippen molar-refractivity contribution >= 4 is 28.9 Å². The molecule has 6 nitrogen and oxygen atoms in total. The maximum Gasteiger partial charge on any atom is 0.225 e. The lowest BCUT2D eigenvalue weighted by molar-refractivity contribution is -0.116. The van der Waals surface area contributed by atoms with Gasteiger partial charge in [-0.15, -0.1) is 0 Å². The molecule has 1 heterocycles. The van der Waals surface area contributed by atoms with Crippen LogP contribution >= 0.6 is 11.6 Å². The zero-order valence-corrected chi connectivity index (χ0v) is 12.8. The average Bonchev–Trinajstić information content (AvgIpc) is 2.49. The van der Waals surface area contributed by atoms with Gasteiger partial charge in [-0.25, -0.2) is 0 Å². The third-order valence-electron chi connectivity index (χ3n) is 3.35. The van der Waals surface area contributed by atoms with E-state index in [4.69, 9.17) is 26.8 Å². The highest BCUT2D eigenvalue weighted by atomic mass is 35.5. The topological polar surface area (TPSA) is 76.8 Å². The van der Waals surface area contributed by atoms with Crippen molar-refractivity contribution in [2.24, 2.45) is 0 Å². The lowest BCUT2D eigenvalue weighted by Crippen LogP contribution is -2.38. The number of rotatable bonds is 5. The Morgan fingerprint density at radius 1 is 1.48 bits per heavy atom. The highest BCUT2D eigenvalue weighted by Crippen LogP contribution is 2.32. The number of benzene rings is 1. The molecule has 0 spiro atoms. The second kappa shape index (κ2) is 7.49. The van der Waals surface area contributed by atoms with E-state index in [1.807, 2.05) is 0 Å². The van der Waals surface area contributed by atoms with Crippen LogP contribution in [0.5, 0.6) is 5.75 Å². The molecular weight excluding hydrogens is 294 g/mol. The summed E-state index contributed by atoms with van der Waals surface area (Å²) < 4.78 is 10.5. The number of methoxy groups -OCH3 is 1. The number of nitrogens with two attached hydrogens (primary N) is 1. The minimum atomic E-state index is -0.0828. The second-order valence-corrected chi connectivity index (χ2v) is 5.23. The molecule has 116 valence electrons. The Hall–Kier alpha value is -1.50. The molecular formula is C14H20ClN3O3. The number of ether oxygens (including phenoxy) is 2. The van der Waals surface area contributed by atoms with Crippen LogP contribution in [0.15, 0.2) is 12.1 Å². The standard InChI is InChI=1S/C14H20ClN3O3/c1-20-13-9-11(16)10(15)8-12(13)17-14(19)2-3-18-4-6-21-7-5-18/h8-9H,2-7,16H2,1H3,(H,17,19). The number of nitrogen functional groups attached to an aromatic ring is 1. The van der Waals surface area contributed by atoms with Gasteiger partial charge in [0.2, 0.25) is 5.91 Å². The van der Waals surface area contributed by atoms with E-state index >= 15 is 0 Å². The van der Waals surface area contributed by atoms with Crippen molar-refractivity contribution in [2.45, 2.75) is 6.42 Å². The first-order valence-corrected chi connectivity index (χ1v) is 7.21. The van der Waals surface area contributed by atoms with Crippen LogP contribution in [0, 0.1) is 0 Å². The fraction of sp³-hybridized carbons (Fsp3) is 0.500.